The van der Waals surface area contributed by atoms with Gasteiger partial charge in [-0.1, -0.05) is 29.3 Å². The van der Waals surface area contributed by atoms with Gasteiger partial charge in [0, 0.05) is 36.4 Å². The molecule has 0 spiro atoms. The average molecular weight is 325 g/mol. The van der Waals surface area contributed by atoms with Gasteiger partial charge in [-0.05, 0) is 37.4 Å². The number of hydrogen-bond acceptors (Lipinski definition) is 3. The molecular formula is C16H18Cl2N2O. The summed E-state index contributed by atoms with van der Waals surface area (Å²) >= 11 is 11.9. The van der Waals surface area contributed by atoms with E-state index in [2.05, 4.69) is 16.9 Å². The van der Waals surface area contributed by atoms with E-state index in [1.807, 2.05) is 24.4 Å². The zero-order valence-corrected chi connectivity index (χ0v) is 13.4. The van der Waals surface area contributed by atoms with Crippen LogP contribution in [-0.4, -0.2) is 36.6 Å². The Kier molecular flexibility index (Phi) is 6.30. The Labute approximate surface area is 135 Å². The molecule has 3 nitrogen and oxygen atoms in total. The van der Waals surface area contributed by atoms with E-state index >= 15 is 0 Å². The lowest BCUT2D eigenvalue weighted by Crippen LogP contribution is -2.26. The van der Waals surface area contributed by atoms with E-state index in [1.54, 1.807) is 18.2 Å². The molecule has 0 radical (unpaired) electrons. The third kappa shape index (κ3) is 5.54. The van der Waals surface area contributed by atoms with Crippen molar-refractivity contribution in [3.8, 4) is 5.75 Å². The first-order valence-corrected chi connectivity index (χ1v) is 7.57. The Morgan fingerprint density at radius 3 is 2.71 bits per heavy atom. The average Bonchev–Trinajstić information content (AvgIpc) is 2.48. The fourth-order valence-electron chi connectivity index (χ4n) is 1.87. The number of rotatable bonds is 7. The first-order chi connectivity index (χ1) is 10.1. The molecule has 0 amide bonds. The number of hydrogen-bond donors (Lipinski definition) is 0. The Balaban J connectivity index is 1.70. The molecule has 5 heteroatoms. The minimum absolute atomic E-state index is 0.540. The number of likely N-dealkylation sites (N-methyl/N-ethyl adjacent to an activating group) is 1. The number of pyridine rings is 1. The highest BCUT2D eigenvalue weighted by molar-refractivity contribution is 6.35. The molecule has 0 unspecified atom stereocenters. The molecule has 0 aliphatic carbocycles. The molecule has 0 aliphatic heterocycles. The maximum atomic E-state index is 6.05. The normalized spacial score (nSPS) is 10.9. The van der Waals surface area contributed by atoms with Crippen molar-refractivity contribution in [1.82, 2.24) is 9.88 Å². The first kappa shape index (κ1) is 16.1. The third-order valence-electron chi connectivity index (χ3n) is 3.10. The number of aromatic nitrogens is 1. The number of nitrogens with zero attached hydrogens (tertiary/aromatic N) is 2. The SMILES string of the molecule is CN(CCOc1ccc(Cl)cc1Cl)CCc1ccccn1. The Morgan fingerprint density at radius 2 is 2.00 bits per heavy atom. The molecule has 2 rings (SSSR count). The summed E-state index contributed by atoms with van der Waals surface area (Å²) in [5.74, 6) is 0.666. The number of ether oxygens (including phenoxy) is 1. The van der Waals surface area contributed by atoms with Crippen LogP contribution in [0.4, 0.5) is 0 Å². The van der Waals surface area contributed by atoms with E-state index in [4.69, 9.17) is 27.9 Å². The molecular weight excluding hydrogens is 307 g/mol. The summed E-state index contributed by atoms with van der Waals surface area (Å²) in [5.41, 5.74) is 1.10. The van der Waals surface area contributed by atoms with Crippen LogP contribution in [0.5, 0.6) is 5.75 Å². The third-order valence-corrected chi connectivity index (χ3v) is 3.63. The van der Waals surface area contributed by atoms with Gasteiger partial charge in [0.05, 0.1) is 5.02 Å². The van der Waals surface area contributed by atoms with Crippen LogP contribution < -0.4 is 4.74 Å². The van der Waals surface area contributed by atoms with E-state index < -0.39 is 0 Å². The van der Waals surface area contributed by atoms with Gasteiger partial charge in [0.1, 0.15) is 12.4 Å². The lowest BCUT2D eigenvalue weighted by atomic mass is 10.2. The summed E-state index contributed by atoms with van der Waals surface area (Å²) in [6.07, 6.45) is 2.75. The molecule has 1 aromatic carbocycles. The van der Waals surface area contributed by atoms with Crippen LogP contribution in [0.2, 0.25) is 10.0 Å². The second-order valence-electron chi connectivity index (χ2n) is 4.80. The van der Waals surface area contributed by atoms with Crippen LogP contribution in [0, 0.1) is 0 Å². The van der Waals surface area contributed by atoms with Gasteiger partial charge < -0.3 is 9.64 Å². The zero-order valence-electron chi connectivity index (χ0n) is 11.9. The highest BCUT2D eigenvalue weighted by Crippen LogP contribution is 2.27. The van der Waals surface area contributed by atoms with Crippen molar-refractivity contribution in [2.45, 2.75) is 6.42 Å². The van der Waals surface area contributed by atoms with Crippen LogP contribution in [-0.2, 0) is 6.42 Å². The molecule has 2 aromatic rings. The molecule has 1 aromatic heterocycles. The van der Waals surface area contributed by atoms with E-state index in [1.165, 1.54) is 0 Å². The van der Waals surface area contributed by atoms with Gasteiger partial charge >= 0.3 is 0 Å². The topological polar surface area (TPSA) is 25.4 Å². The fourth-order valence-corrected chi connectivity index (χ4v) is 2.33. The van der Waals surface area contributed by atoms with Crippen LogP contribution >= 0.6 is 23.2 Å². The van der Waals surface area contributed by atoms with Crippen molar-refractivity contribution in [3.63, 3.8) is 0 Å². The smallest absolute Gasteiger partial charge is 0.138 e. The Hall–Kier alpha value is -1.29. The van der Waals surface area contributed by atoms with Crippen molar-refractivity contribution >= 4 is 23.2 Å². The standard InChI is InChI=1S/C16H18Cl2N2O/c1-20(9-7-14-4-2-3-8-19-14)10-11-21-16-6-5-13(17)12-15(16)18/h2-6,8,12H,7,9-11H2,1H3. The quantitative estimate of drug-likeness (QED) is 0.771. The van der Waals surface area contributed by atoms with Gasteiger partial charge in [0.25, 0.3) is 0 Å². The Bertz CT molecular complexity index is 563. The van der Waals surface area contributed by atoms with Crippen molar-refractivity contribution < 1.29 is 4.74 Å². The van der Waals surface area contributed by atoms with Crippen LogP contribution in [0.1, 0.15) is 5.69 Å². The zero-order chi connectivity index (χ0) is 15.1. The highest BCUT2D eigenvalue weighted by atomic mass is 35.5. The number of benzene rings is 1. The summed E-state index contributed by atoms with van der Waals surface area (Å²) in [6.45, 7) is 2.35. The van der Waals surface area contributed by atoms with Crippen molar-refractivity contribution in [1.29, 1.82) is 0 Å². The van der Waals surface area contributed by atoms with Gasteiger partial charge in [0.15, 0.2) is 0 Å². The van der Waals surface area contributed by atoms with Gasteiger partial charge in [-0.15, -0.1) is 0 Å². The fraction of sp³-hybridized carbons (Fsp3) is 0.312. The lowest BCUT2D eigenvalue weighted by molar-refractivity contribution is 0.238. The maximum Gasteiger partial charge on any atom is 0.138 e. The molecule has 0 N–H and O–H groups in total. The van der Waals surface area contributed by atoms with Crippen LogP contribution in [0.15, 0.2) is 42.6 Å². The van der Waals surface area contributed by atoms with Crippen molar-refractivity contribution in [2.75, 3.05) is 26.7 Å². The summed E-state index contributed by atoms with van der Waals surface area (Å²) in [4.78, 5) is 6.52. The van der Waals surface area contributed by atoms with Gasteiger partial charge in [-0.2, -0.15) is 0 Å². The van der Waals surface area contributed by atoms with E-state index in [0.29, 0.717) is 22.4 Å². The molecule has 0 atom stereocenters. The largest absolute Gasteiger partial charge is 0.491 e. The van der Waals surface area contributed by atoms with E-state index in [9.17, 15) is 0 Å². The van der Waals surface area contributed by atoms with Crippen LogP contribution in [0.25, 0.3) is 0 Å². The van der Waals surface area contributed by atoms with Gasteiger partial charge in [-0.25, -0.2) is 0 Å². The van der Waals surface area contributed by atoms with Gasteiger partial charge in [0.2, 0.25) is 0 Å². The summed E-state index contributed by atoms with van der Waals surface area (Å²) in [5, 5.41) is 1.15. The second-order valence-corrected chi connectivity index (χ2v) is 5.64. The second kappa shape index (κ2) is 8.23. The van der Waals surface area contributed by atoms with E-state index in [0.717, 1.165) is 25.2 Å². The number of halogens is 2. The van der Waals surface area contributed by atoms with Crippen molar-refractivity contribution in [2.24, 2.45) is 0 Å². The molecule has 0 saturated carbocycles. The molecule has 21 heavy (non-hydrogen) atoms. The first-order valence-electron chi connectivity index (χ1n) is 6.81. The van der Waals surface area contributed by atoms with Crippen LogP contribution in [0.3, 0.4) is 0 Å². The maximum absolute atomic E-state index is 6.05. The summed E-state index contributed by atoms with van der Waals surface area (Å²) < 4.78 is 5.67. The minimum Gasteiger partial charge on any atom is -0.491 e. The minimum atomic E-state index is 0.540. The predicted molar refractivity (Wildman–Crippen MR) is 87.4 cm³/mol. The molecule has 0 bridgehead atoms. The van der Waals surface area contributed by atoms with Gasteiger partial charge in [-0.3, -0.25) is 4.98 Å². The molecule has 0 saturated heterocycles. The highest BCUT2D eigenvalue weighted by Gasteiger charge is 2.04. The molecule has 0 fully saturated rings. The molecule has 112 valence electrons. The summed E-state index contributed by atoms with van der Waals surface area (Å²) in [6, 6.07) is 11.2. The molecule has 1 heterocycles. The monoisotopic (exact) mass is 324 g/mol. The molecule has 0 aliphatic rings. The lowest BCUT2D eigenvalue weighted by Gasteiger charge is -2.17. The van der Waals surface area contributed by atoms with E-state index in [-0.39, 0.29) is 0 Å². The Morgan fingerprint density at radius 1 is 1.14 bits per heavy atom. The predicted octanol–water partition coefficient (Wildman–Crippen LogP) is 3.94. The summed E-state index contributed by atoms with van der Waals surface area (Å²) in [7, 11) is 2.07. The van der Waals surface area contributed by atoms with Crippen molar-refractivity contribution in [3.05, 3.63) is 58.3 Å².